The number of halogens is 2. The number of fused-ring (bicyclic) bond motifs is 1. The second-order valence-corrected chi connectivity index (χ2v) is 5.40. The molecule has 98 valence electrons. The first kappa shape index (κ1) is 12.6. The molecule has 1 unspecified atom stereocenters. The Hall–Kier alpha value is -1.38. The summed E-state index contributed by atoms with van der Waals surface area (Å²) >= 11 is 12.0. The van der Waals surface area contributed by atoms with Crippen molar-refractivity contribution in [3.63, 3.8) is 0 Å². The number of anilines is 1. The lowest BCUT2D eigenvalue weighted by Gasteiger charge is -2.27. The molecule has 1 N–H and O–H groups in total. The maximum Gasteiger partial charge on any atom is 0.124 e. The van der Waals surface area contributed by atoms with E-state index < -0.39 is 0 Å². The maximum atomic E-state index is 6.02. The number of benzene rings is 2. The van der Waals surface area contributed by atoms with Crippen LogP contribution in [0.4, 0.5) is 5.69 Å². The van der Waals surface area contributed by atoms with Crippen LogP contribution in [0.25, 0.3) is 0 Å². The van der Waals surface area contributed by atoms with Crippen molar-refractivity contribution in [2.75, 3.05) is 11.9 Å². The molecule has 0 fully saturated rings. The molecule has 2 aromatic rings. The molecule has 0 aliphatic carbocycles. The molecule has 2 aromatic carbocycles. The minimum absolute atomic E-state index is 0.222. The molecule has 0 saturated heterocycles. The molecule has 1 atom stereocenters. The van der Waals surface area contributed by atoms with Crippen LogP contribution in [0.2, 0.25) is 10.0 Å². The van der Waals surface area contributed by atoms with Crippen molar-refractivity contribution in [1.82, 2.24) is 0 Å². The van der Waals surface area contributed by atoms with Crippen molar-refractivity contribution in [1.29, 1.82) is 0 Å². The first-order chi connectivity index (χ1) is 9.22. The molecule has 0 aromatic heterocycles. The molecule has 0 radical (unpaired) electrons. The van der Waals surface area contributed by atoms with Gasteiger partial charge in [0.25, 0.3) is 0 Å². The van der Waals surface area contributed by atoms with Gasteiger partial charge in [-0.3, -0.25) is 0 Å². The summed E-state index contributed by atoms with van der Waals surface area (Å²) in [4.78, 5) is 0. The van der Waals surface area contributed by atoms with Crippen LogP contribution >= 0.6 is 23.2 Å². The van der Waals surface area contributed by atoms with Gasteiger partial charge in [0.1, 0.15) is 5.75 Å². The Kier molecular flexibility index (Phi) is 3.54. The Morgan fingerprint density at radius 1 is 1.05 bits per heavy atom. The summed E-state index contributed by atoms with van der Waals surface area (Å²) in [5.74, 6) is 0.944. The third kappa shape index (κ3) is 2.80. The second kappa shape index (κ2) is 5.32. The molecule has 1 heterocycles. The van der Waals surface area contributed by atoms with Gasteiger partial charge in [0.15, 0.2) is 0 Å². The smallest absolute Gasteiger partial charge is 0.124 e. The van der Waals surface area contributed by atoms with Crippen LogP contribution in [0, 0.1) is 0 Å². The minimum atomic E-state index is 0.222. The lowest BCUT2D eigenvalue weighted by molar-refractivity contribution is 0.274. The van der Waals surface area contributed by atoms with E-state index >= 15 is 0 Å². The Labute approximate surface area is 122 Å². The van der Waals surface area contributed by atoms with E-state index in [2.05, 4.69) is 11.4 Å². The standard InChI is InChI=1S/C15H13Cl2NO/c16-10-7-11(17)9-12(8-10)18-14-5-6-19-15-4-2-1-3-13(14)15/h1-4,7-9,14,18H,5-6H2. The molecule has 0 amide bonds. The van der Waals surface area contributed by atoms with Gasteiger partial charge in [-0.05, 0) is 24.3 Å². The van der Waals surface area contributed by atoms with Crippen LogP contribution in [0.5, 0.6) is 5.75 Å². The van der Waals surface area contributed by atoms with Crippen molar-refractivity contribution >= 4 is 28.9 Å². The SMILES string of the molecule is Clc1cc(Cl)cc(NC2CCOc3ccccc32)c1. The first-order valence-corrected chi connectivity index (χ1v) is 6.92. The summed E-state index contributed by atoms with van der Waals surface area (Å²) in [6.07, 6.45) is 0.918. The largest absolute Gasteiger partial charge is 0.493 e. The molecule has 1 aliphatic heterocycles. The molecule has 4 heteroatoms. The summed E-state index contributed by atoms with van der Waals surface area (Å²) in [6, 6.07) is 13.8. The van der Waals surface area contributed by atoms with Gasteiger partial charge in [-0.2, -0.15) is 0 Å². The molecule has 0 bridgehead atoms. The first-order valence-electron chi connectivity index (χ1n) is 6.17. The fourth-order valence-electron chi connectivity index (χ4n) is 2.33. The Morgan fingerprint density at radius 3 is 2.58 bits per heavy atom. The van der Waals surface area contributed by atoms with Crippen LogP contribution < -0.4 is 10.1 Å². The van der Waals surface area contributed by atoms with E-state index in [4.69, 9.17) is 27.9 Å². The molecule has 19 heavy (non-hydrogen) atoms. The quantitative estimate of drug-likeness (QED) is 0.848. The van der Waals surface area contributed by atoms with E-state index in [1.807, 2.05) is 30.3 Å². The summed E-state index contributed by atoms with van der Waals surface area (Å²) in [6.45, 7) is 0.711. The average molecular weight is 294 g/mol. The highest BCUT2D eigenvalue weighted by atomic mass is 35.5. The van der Waals surface area contributed by atoms with Gasteiger partial charge in [-0.25, -0.2) is 0 Å². The van der Waals surface area contributed by atoms with Gasteiger partial charge >= 0.3 is 0 Å². The Bertz CT molecular complexity index is 580. The molecule has 1 aliphatic rings. The summed E-state index contributed by atoms with van der Waals surface area (Å²) in [7, 11) is 0. The fraction of sp³-hybridized carbons (Fsp3) is 0.200. The van der Waals surface area contributed by atoms with Crippen LogP contribution in [-0.2, 0) is 0 Å². The lowest BCUT2D eigenvalue weighted by atomic mass is 10.0. The van der Waals surface area contributed by atoms with Crippen molar-refractivity contribution in [2.45, 2.75) is 12.5 Å². The van der Waals surface area contributed by atoms with E-state index in [1.165, 1.54) is 5.56 Å². The van der Waals surface area contributed by atoms with E-state index in [0.29, 0.717) is 16.7 Å². The number of ether oxygens (including phenoxy) is 1. The minimum Gasteiger partial charge on any atom is -0.493 e. The number of hydrogen-bond donors (Lipinski definition) is 1. The number of nitrogens with one attached hydrogen (secondary N) is 1. The molecule has 0 spiro atoms. The summed E-state index contributed by atoms with van der Waals surface area (Å²) < 4.78 is 5.65. The van der Waals surface area contributed by atoms with Crippen molar-refractivity contribution < 1.29 is 4.74 Å². The average Bonchev–Trinajstić information content (AvgIpc) is 2.38. The van der Waals surface area contributed by atoms with Crippen molar-refractivity contribution in [2.24, 2.45) is 0 Å². The van der Waals surface area contributed by atoms with E-state index in [0.717, 1.165) is 17.9 Å². The molecule has 0 saturated carbocycles. The highest BCUT2D eigenvalue weighted by Crippen LogP contribution is 2.35. The van der Waals surface area contributed by atoms with Gasteiger partial charge in [0.2, 0.25) is 0 Å². The van der Waals surface area contributed by atoms with Crippen LogP contribution in [0.3, 0.4) is 0 Å². The van der Waals surface area contributed by atoms with Crippen LogP contribution in [0.15, 0.2) is 42.5 Å². The van der Waals surface area contributed by atoms with E-state index in [1.54, 1.807) is 6.07 Å². The topological polar surface area (TPSA) is 21.3 Å². The number of para-hydroxylation sites is 1. The van der Waals surface area contributed by atoms with Crippen molar-refractivity contribution in [3.05, 3.63) is 58.1 Å². The zero-order valence-corrected chi connectivity index (χ0v) is 11.7. The summed E-state index contributed by atoms with van der Waals surface area (Å²) in [5.41, 5.74) is 2.10. The number of rotatable bonds is 2. The predicted molar refractivity (Wildman–Crippen MR) is 79.4 cm³/mol. The maximum absolute atomic E-state index is 6.02. The zero-order chi connectivity index (χ0) is 13.2. The Morgan fingerprint density at radius 2 is 1.79 bits per heavy atom. The lowest BCUT2D eigenvalue weighted by Crippen LogP contribution is -2.20. The molecular formula is C15H13Cl2NO. The second-order valence-electron chi connectivity index (χ2n) is 4.53. The molecular weight excluding hydrogens is 281 g/mol. The summed E-state index contributed by atoms with van der Waals surface area (Å²) in [5, 5.41) is 4.74. The van der Waals surface area contributed by atoms with E-state index in [9.17, 15) is 0 Å². The fourth-order valence-corrected chi connectivity index (χ4v) is 2.86. The highest BCUT2D eigenvalue weighted by molar-refractivity contribution is 6.35. The van der Waals surface area contributed by atoms with Crippen LogP contribution in [-0.4, -0.2) is 6.61 Å². The third-order valence-electron chi connectivity index (χ3n) is 3.16. The Balaban J connectivity index is 1.88. The van der Waals surface area contributed by atoms with Gasteiger partial charge in [0, 0.05) is 27.7 Å². The van der Waals surface area contributed by atoms with Crippen LogP contribution in [0.1, 0.15) is 18.0 Å². The van der Waals surface area contributed by atoms with E-state index in [-0.39, 0.29) is 6.04 Å². The van der Waals surface area contributed by atoms with Crippen molar-refractivity contribution in [3.8, 4) is 5.75 Å². The molecule has 3 rings (SSSR count). The monoisotopic (exact) mass is 293 g/mol. The highest BCUT2D eigenvalue weighted by Gasteiger charge is 2.20. The normalized spacial score (nSPS) is 17.5. The predicted octanol–water partition coefficient (Wildman–Crippen LogP) is 4.93. The zero-order valence-electron chi connectivity index (χ0n) is 10.2. The van der Waals surface area contributed by atoms with Gasteiger partial charge in [-0.15, -0.1) is 0 Å². The number of hydrogen-bond acceptors (Lipinski definition) is 2. The van der Waals surface area contributed by atoms with Gasteiger partial charge < -0.3 is 10.1 Å². The third-order valence-corrected chi connectivity index (χ3v) is 3.60. The van der Waals surface area contributed by atoms with Gasteiger partial charge in [-0.1, -0.05) is 41.4 Å². The molecule has 2 nitrogen and oxygen atoms in total. The van der Waals surface area contributed by atoms with Gasteiger partial charge in [0.05, 0.1) is 12.6 Å².